The first-order valence-electron chi connectivity index (χ1n) is 3.35. The number of carbonyl (C=O) groups excluding carboxylic acids is 2. The largest absolute Gasteiger partial charge is 1.00 e. The molecule has 0 aromatic rings. The topological polar surface area (TPSA) is 75.7 Å². The minimum Gasteiger partial charge on any atom is -0.691 e. The molecule has 0 aromatic carbocycles. The van der Waals surface area contributed by atoms with Crippen LogP contribution in [0.1, 0.15) is 13.3 Å². The Balaban J connectivity index is 0.00000144. The molecule has 0 radical (unpaired) electrons. The van der Waals surface area contributed by atoms with Gasteiger partial charge in [-0.3, -0.25) is 14.6 Å². The minimum atomic E-state index is -0.582. The van der Waals surface area contributed by atoms with Crippen LogP contribution in [0.25, 0.3) is 0 Å². The van der Waals surface area contributed by atoms with Crippen molar-refractivity contribution in [1.29, 1.82) is 0 Å². The summed E-state index contributed by atoms with van der Waals surface area (Å²) in [6.45, 7) is 1.54. The van der Waals surface area contributed by atoms with Crippen LogP contribution in [0.4, 0.5) is 0 Å². The van der Waals surface area contributed by atoms with Gasteiger partial charge >= 0.3 is 29.6 Å². The van der Waals surface area contributed by atoms with Gasteiger partial charge in [0.2, 0.25) is 0 Å². The zero-order valence-electron chi connectivity index (χ0n) is 7.31. The van der Waals surface area contributed by atoms with E-state index in [1.165, 1.54) is 0 Å². The zero-order chi connectivity index (χ0) is 9.14. The van der Waals surface area contributed by atoms with Crippen LogP contribution >= 0.6 is 12.0 Å². The first kappa shape index (κ1) is 13.6. The summed E-state index contributed by atoms with van der Waals surface area (Å²) in [7, 11) is 0. The zero-order valence-corrected chi connectivity index (χ0v) is 10.1. The van der Waals surface area contributed by atoms with Gasteiger partial charge in [-0.2, -0.15) is 4.33 Å². The molecule has 13 heavy (non-hydrogen) atoms. The molecule has 1 aliphatic rings. The van der Waals surface area contributed by atoms with Gasteiger partial charge in [0.1, 0.15) is 11.0 Å². The Morgan fingerprint density at radius 1 is 1.54 bits per heavy atom. The average Bonchev–Trinajstić information content (AvgIpc) is 2.30. The van der Waals surface area contributed by atoms with Crippen molar-refractivity contribution in [2.75, 3.05) is 0 Å². The smallest absolute Gasteiger partial charge is 0.691 e. The molecule has 0 spiro atoms. The van der Waals surface area contributed by atoms with Gasteiger partial charge in [-0.15, -0.1) is 0 Å². The summed E-state index contributed by atoms with van der Waals surface area (Å²) in [4.78, 5) is 22.1. The number of hydrogen-bond acceptors (Lipinski definition) is 6. The predicted octanol–water partition coefficient (Wildman–Crippen LogP) is -3.59. The minimum absolute atomic E-state index is 0. The van der Waals surface area contributed by atoms with Crippen molar-refractivity contribution in [3.8, 4) is 0 Å². The van der Waals surface area contributed by atoms with Gasteiger partial charge < -0.3 is 5.26 Å². The molecular weight excluding hydrogens is 207 g/mol. The fraction of sp³-hybridized carbons (Fsp3) is 0.667. The van der Waals surface area contributed by atoms with Gasteiger partial charge in [0.25, 0.3) is 0 Å². The van der Waals surface area contributed by atoms with E-state index >= 15 is 0 Å². The molecule has 1 aliphatic carbocycles. The van der Waals surface area contributed by atoms with E-state index < -0.39 is 11.2 Å². The Kier molecular flexibility index (Phi) is 6.40. The van der Waals surface area contributed by atoms with Gasteiger partial charge in [0.05, 0.1) is 5.92 Å². The SMILES string of the molecule is CC1C(=O)CC(SOO[O-])C1=O.[Na+]. The molecule has 2 atom stereocenters. The van der Waals surface area contributed by atoms with Crippen LogP contribution < -0.4 is 34.8 Å². The van der Waals surface area contributed by atoms with Gasteiger partial charge in [-0.05, 0) is 6.92 Å². The van der Waals surface area contributed by atoms with Crippen LogP contribution in [-0.2, 0) is 19.0 Å². The first-order chi connectivity index (χ1) is 5.66. The quantitative estimate of drug-likeness (QED) is 0.159. The van der Waals surface area contributed by atoms with Gasteiger partial charge in [0, 0.05) is 18.5 Å². The molecule has 1 rings (SSSR count). The molecule has 68 valence electrons. The van der Waals surface area contributed by atoms with E-state index in [9.17, 15) is 14.8 Å². The fourth-order valence-corrected chi connectivity index (χ4v) is 1.70. The summed E-state index contributed by atoms with van der Waals surface area (Å²) in [5, 5.41) is 11.9. The molecule has 0 bridgehead atoms. The average molecular weight is 214 g/mol. The van der Waals surface area contributed by atoms with Gasteiger partial charge in [-0.1, -0.05) is 0 Å². The Bertz CT molecular complexity index is 209. The molecule has 2 unspecified atom stereocenters. The Labute approximate surface area is 102 Å². The van der Waals surface area contributed by atoms with Crippen molar-refractivity contribution in [2.45, 2.75) is 18.6 Å². The van der Waals surface area contributed by atoms with E-state index in [0.29, 0.717) is 12.0 Å². The van der Waals surface area contributed by atoms with Crippen LogP contribution in [0.3, 0.4) is 0 Å². The first-order valence-corrected chi connectivity index (χ1v) is 4.15. The molecule has 1 saturated carbocycles. The monoisotopic (exact) mass is 214 g/mol. The van der Waals surface area contributed by atoms with Crippen molar-refractivity contribution < 1.29 is 53.8 Å². The third-order valence-electron chi connectivity index (χ3n) is 1.80. The number of Topliss-reactive ketones (excluding diaryl/α,β-unsaturated/α-hetero) is 2. The van der Waals surface area contributed by atoms with Crippen molar-refractivity contribution in [3.63, 3.8) is 0 Å². The summed E-state index contributed by atoms with van der Waals surface area (Å²) in [5.74, 6) is -0.896. The Morgan fingerprint density at radius 3 is 2.54 bits per heavy atom. The second-order valence-electron chi connectivity index (χ2n) is 2.52. The summed E-state index contributed by atoms with van der Waals surface area (Å²) >= 11 is 0.595. The van der Waals surface area contributed by atoms with Crippen molar-refractivity contribution in [2.24, 2.45) is 5.92 Å². The maximum Gasteiger partial charge on any atom is 1.00 e. The normalized spacial score (nSPS) is 27.5. The summed E-state index contributed by atoms with van der Waals surface area (Å²) in [6.07, 6.45) is 0.119. The summed E-state index contributed by atoms with van der Waals surface area (Å²) < 4.78 is 3.97. The molecule has 0 aromatic heterocycles. The van der Waals surface area contributed by atoms with E-state index in [1.54, 1.807) is 6.92 Å². The standard InChI is InChI=1S/C6H8O5S.Na/c1-3-4(7)2-5(6(3)8)12-11-10-9;/h3,5,9H,2H2,1H3;/q;+1/p-1. The molecular formula is C6H7NaO5S. The molecule has 0 aliphatic heterocycles. The number of carbonyl (C=O) groups is 2. The molecule has 1 fully saturated rings. The van der Waals surface area contributed by atoms with E-state index in [-0.39, 0.29) is 47.5 Å². The Hall–Kier alpha value is 0.570. The summed E-state index contributed by atoms with van der Waals surface area (Å²) in [5.41, 5.74) is 0. The van der Waals surface area contributed by atoms with Crippen molar-refractivity contribution in [1.82, 2.24) is 0 Å². The van der Waals surface area contributed by atoms with Crippen LogP contribution in [0.2, 0.25) is 0 Å². The van der Waals surface area contributed by atoms with Gasteiger partial charge in [0.15, 0.2) is 5.78 Å². The molecule has 0 N–H and O–H groups in total. The molecule has 0 heterocycles. The number of rotatable bonds is 3. The van der Waals surface area contributed by atoms with Crippen LogP contribution in [0.15, 0.2) is 0 Å². The molecule has 0 amide bonds. The predicted molar refractivity (Wildman–Crippen MR) is 37.3 cm³/mol. The van der Waals surface area contributed by atoms with Crippen molar-refractivity contribution >= 4 is 23.6 Å². The second-order valence-corrected chi connectivity index (χ2v) is 3.41. The third kappa shape index (κ3) is 3.32. The fourth-order valence-electron chi connectivity index (χ4n) is 1.04. The van der Waals surface area contributed by atoms with E-state index in [4.69, 9.17) is 0 Å². The van der Waals surface area contributed by atoms with Crippen LogP contribution in [-0.4, -0.2) is 16.8 Å². The van der Waals surface area contributed by atoms with Crippen LogP contribution in [0.5, 0.6) is 0 Å². The van der Waals surface area contributed by atoms with E-state index in [0.717, 1.165) is 0 Å². The van der Waals surface area contributed by atoms with E-state index in [2.05, 4.69) is 9.37 Å². The molecule has 5 nitrogen and oxygen atoms in total. The van der Waals surface area contributed by atoms with Gasteiger partial charge in [-0.25, -0.2) is 0 Å². The van der Waals surface area contributed by atoms with E-state index in [1.807, 2.05) is 0 Å². The number of hydrogen-bond donors (Lipinski definition) is 0. The van der Waals surface area contributed by atoms with Crippen LogP contribution in [0, 0.1) is 5.92 Å². The number of ketones is 2. The summed E-state index contributed by atoms with van der Waals surface area (Å²) in [6, 6.07) is 0. The second kappa shape index (κ2) is 6.13. The molecule has 0 saturated heterocycles. The Morgan fingerprint density at radius 2 is 2.15 bits per heavy atom. The maximum absolute atomic E-state index is 11.1. The van der Waals surface area contributed by atoms with Crippen molar-refractivity contribution in [3.05, 3.63) is 0 Å². The third-order valence-corrected chi connectivity index (χ3v) is 2.56. The molecule has 7 heteroatoms. The maximum atomic E-state index is 11.1.